The summed E-state index contributed by atoms with van der Waals surface area (Å²) < 4.78 is 7.34. The highest BCUT2D eigenvalue weighted by Gasteiger charge is 2.01. The molecule has 1 heterocycles. The molecule has 82 valence electrons. The number of benzene rings is 1. The van der Waals surface area contributed by atoms with Gasteiger partial charge >= 0.3 is 0 Å². The van der Waals surface area contributed by atoms with Crippen LogP contribution in [0.2, 0.25) is 0 Å². The second-order valence-electron chi connectivity index (χ2n) is 3.14. The largest absolute Gasteiger partial charge is 0.439 e. The summed E-state index contributed by atoms with van der Waals surface area (Å²) in [7, 11) is 0. The Kier molecular flexibility index (Phi) is 3.46. The molecule has 1 aromatic carbocycles. The van der Waals surface area contributed by atoms with Crippen molar-refractivity contribution in [2.24, 2.45) is 0 Å². The molecule has 2 rings (SSSR count). The van der Waals surface area contributed by atoms with Crippen LogP contribution in [0.4, 0.5) is 5.69 Å². The number of nitrogens with two attached hydrogens (primary N) is 1. The fourth-order valence-electron chi connectivity index (χ4n) is 1.19. The van der Waals surface area contributed by atoms with E-state index < -0.39 is 0 Å². The lowest BCUT2D eigenvalue weighted by Gasteiger charge is -2.06. The molecule has 1 aromatic heterocycles. The number of nitrogen functional groups attached to an aromatic ring is 1. The first-order chi connectivity index (χ1) is 7.63. The van der Waals surface area contributed by atoms with Crippen molar-refractivity contribution >= 4 is 37.5 Å². The van der Waals surface area contributed by atoms with Crippen LogP contribution < -0.4 is 10.5 Å². The molecule has 0 bridgehead atoms. The number of hydrogen-bond donors (Lipinski definition) is 1. The van der Waals surface area contributed by atoms with E-state index >= 15 is 0 Å². The Morgan fingerprint density at radius 3 is 2.50 bits per heavy atom. The predicted octanol–water partition coefficient (Wildman–Crippen LogP) is 3.98. The lowest BCUT2D eigenvalue weighted by Crippen LogP contribution is -1.90. The molecule has 3 nitrogen and oxygen atoms in total. The number of anilines is 1. The summed E-state index contributed by atoms with van der Waals surface area (Å²) in [6, 6.07) is 9.03. The minimum atomic E-state index is 0.528. The Hall–Kier alpha value is -1.07. The minimum absolute atomic E-state index is 0.528. The van der Waals surface area contributed by atoms with Crippen LogP contribution in [0.5, 0.6) is 11.6 Å². The van der Waals surface area contributed by atoms with E-state index in [-0.39, 0.29) is 0 Å². The van der Waals surface area contributed by atoms with Crippen LogP contribution in [0, 0.1) is 0 Å². The van der Waals surface area contributed by atoms with Gasteiger partial charge in [-0.25, -0.2) is 4.98 Å². The first-order valence-electron chi connectivity index (χ1n) is 4.49. The van der Waals surface area contributed by atoms with Crippen LogP contribution >= 0.6 is 31.9 Å². The smallest absolute Gasteiger partial charge is 0.219 e. The number of rotatable bonds is 2. The molecule has 0 aliphatic rings. The van der Waals surface area contributed by atoms with Gasteiger partial charge in [0.15, 0.2) is 0 Å². The van der Waals surface area contributed by atoms with Crippen LogP contribution in [0.3, 0.4) is 0 Å². The first-order valence-corrected chi connectivity index (χ1v) is 6.07. The van der Waals surface area contributed by atoms with E-state index in [1.807, 2.05) is 18.2 Å². The van der Waals surface area contributed by atoms with Gasteiger partial charge in [0.05, 0.1) is 0 Å². The number of aromatic nitrogens is 1. The Morgan fingerprint density at radius 1 is 1.06 bits per heavy atom. The molecule has 0 saturated heterocycles. The maximum atomic E-state index is 5.70. The van der Waals surface area contributed by atoms with Crippen LogP contribution in [-0.2, 0) is 0 Å². The second-order valence-corrected chi connectivity index (χ2v) is 4.97. The molecule has 0 unspecified atom stereocenters. The number of pyridine rings is 1. The Bertz CT molecular complexity index is 480. The number of hydrogen-bond acceptors (Lipinski definition) is 3. The highest BCUT2D eigenvalue weighted by molar-refractivity contribution is 9.10. The fourth-order valence-corrected chi connectivity index (χ4v) is 1.91. The summed E-state index contributed by atoms with van der Waals surface area (Å²) in [6.07, 6.45) is 1.68. The molecule has 0 atom stereocenters. The van der Waals surface area contributed by atoms with Gasteiger partial charge in [-0.15, -0.1) is 0 Å². The van der Waals surface area contributed by atoms with Gasteiger partial charge in [-0.2, -0.15) is 0 Å². The summed E-state index contributed by atoms with van der Waals surface area (Å²) in [6.45, 7) is 0. The highest BCUT2D eigenvalue weighted by Crippen LogP contribution is 2.26. The predicted molar refractivity (Wildman–Crippen MR) is 70.6 cm³/mol. The van der Waals surface area contributed by atoms with Gasteiger partial charge in [0.2, 0.25) is 5.88 Å². The second kappa shape index (κ2) is 4.84. The third-order valence-electron chi connectivity index (χ3n) is 1.82. The summed E-state index contributed by atoms with van der Waals surface area (Å²) in [5, 5.41) is 0. The summed E-state index contributed by atoms with van der Waals surface area (Å²) >= 11 is 6.66. The van der Waals surface area contributed by atoms with E-state index in [1.165, 1.54) is 0 Å². The average molecular weight is 344 g/mol. The minimum Gasteiger partial charge on any atom is -0.439 e. The lowest BCUT2D eigenvalue weighted by atomic mass is 10.3. The van der Waals surface area contributed by atoms with E-state index in [0.29, 0.717) is 17.3 Å². The summed E-state index contributed by atoms with van der Waals surface area (Å²) in [5.74, 6) is 1.18. The third-order valence-corrected chi connectivity index (χ3v) is 2.74. The maximum Gasteiger partial charge on any atom is 0.219 e. The number of ether oxygens (including phenoxy) is 1. The molecular weight excluding hydrogens is 336 g/mol. The van der Waals surface area contributed by atoms with Crippen molar-refractivity contribution in [3.63, 3.8) is 0 Å². The number of nitrogens with zero attached hydrogens (tertiary/aromatic N) is 1. The molecule has 16 heavy (non-hydrogen) atoms. The highest BCUT2D eigenvalue weighted by atomic mass is 79.9. The first kappa shape index (κ1) is 11.4. The normalized spacial score (nSPS) is 10.1. The zero-order valence-electron chi connectivity index (χ0n) is 8.15. The molecule has 2 N–H and O–H groups in total. The zero-order chi connectivity index (χ0) is 11.5. The van der Waals surface area contributed by atoms with E-state index in [1.54, 1.807) is 18.3 Å². The third kappa shape index (κ3) is 2.96. The van der Waals surface area contributed by atoms with Crippen molar-refractivity contribution in [3.05, 3.63) is 45.5 Å². The molecule has 0 aliphatic carbocycles. The Balaban J connectivity index is 2.23. The van der Waals surface area contributed by atoms with Gasteiger partial charge in [-0.05, 0) is 34.1 Å². The van der Waals surface area contributed by atoms with Crippen molar-refractivity contribution in [2.75, 3.05) is 5.73 Å². The Morgan fingerprint density at radius 2 is 1.88 bits per heavy atom. The molecule has 2 aromatic rings. The van der Waals surface area contributed by atoms with Gasteiger partial charge in [0, 0.05) is 33.0 Å². The van der Waals surface area contributed by atoms with Gasteiger partial charge in [-0.3, -0.25) is 0 Å². The van der Waals surface area contributed by atoms with E-state index in [4.69, 9.17) is 10.5 Å². The van der Waals surface area contributed by atoms with Crippen LogP contribution in [-0.4, -0.2) is 4.98 Å². The van der Waals surface area contributed by atoms with Crippen molar-refractivity contribution in [3.8, 4) is 11.6 Å². The average Bonchev–Trinajstić information content (AvgIpc) is 2.20. The van der Waals surface area contributed by atoms with Crippen molar-refractivity contribution in [1.29, 1.82) is 0 Å². The molecule has 0 fully saturated rings. The summed E-state index contributed by atoms with van der Waals surface area (Å²) in [4.78, 5) is 4.11. The quantitative estimate of drug-likeness (QED) is 0.839. The van der Waals surface area contributed by atoms with Crippen LogP contribution in [0.25, 0.3) is 0 Å². The van der Waals surface area contributed by atoms with Crippen molar-refractivity contribution in [2.45, 2.75) is 0 Å². The van der Waals surface area contributed by atoms with E-state index in [0.717, 1.165) is 8.95 Å². The van der Waals surface area contributed by atoms with E-state index in [9.17, 15) is 0 Å². The van der Waals surface area contributed by atoms with E-state index in [2.05, 4.69) is 36.8 Å². The van der Waals surface area contributed by atoms with Crippen molar-refractivity contribution < 1.29 is 4.74 Å². The molecule has 5 heteroatoms. The molecule has 0 spiro atoms. The maximum absolute atomic E-state index is 5.70. The molecule has 0 saturated carbocycles. The monoisotopic (exact) mass is 342 g/mol. The van der Waals surface area contributed by atoms with Gasteiger partial charge < -0.3 is 10.5 Å². The van der Waals surface area contributed by atoms with Crippen LogP contribution in [0.1, 0.15) is 0 Å². The standard InChI is InChI=1S/C11H8Br2N2O/c12-7-1-2-11(15-6-7)16-10-4-8(13)3-9(14)5-10/h1-6H,14H2. The van der Waals surface area contributed by atoms with Gasteiger partial charge in [0.1, 0.15) is 5.75 Å². The molecular formula is C11H8Br2N2O. The topological polar surface area (TPSA) is 48.1 Å². The SMILES string of the molecule is Nc1cc(Br)cc(Oc2ccc(Br)cn2)c1. The van der Waals surface area contributed by atoms with Gasteiger partial charge in [-0.1, -0.05) is 15.9 Å². The zero-order valence-corrected chi connectivity index (χ0v) is 11.3. The molecule has 0 radical (unpaired) electrons. The number of halogens is 2. The Labute approximate surface area is 110 Å². The lowest BCUT2D eigenvalue weighted by molar-refractivity contribution is 0.463. The summed E-state index contributed by atoms with van der Waals surface area (Å²) in [5.41, 5.74) is 6.34. The molecule has 0 amide bonds. The van der Waals surface area contributed by atoms with Crippen LogP contribution in [0.15, 0.2) is 45.5 Å². The van der Waals surface area contributed by atoms with Crippen molar-refractivity contribution in [1.82, 2.24) is 4.98 Å². The van der Waals surface area contributed by atoms with Gasteiger partial charge in [0.25, 0.3) is 0 Å². The molecule has 0 aliphatic heterocycles. The fraction of sp³-hybridized carbons (Fsp3) is 0.